The van der Waals surface area contributed by atoms with Crippen LogP contribution in [0, 0.1) is 0 Å². The van der Waals surface area contributed by atoms with Gasteiger partial charge in [-0.15, -0.1) is 0 Å². The number of hydrogen-bond acceptors (Lipinski definition) is 6. The van der Waals surface area contributed by atoms with Gasteiger partial charge in [0.25, 0.3) is 11.8 Å². The van der Waals surface area contributed by atoms with Gasteiger partial charge < -0.3 is 24.8 Å². The Labute approximate surface area is 180 Å². The minimum Gasteiger partial charge on any atom is -0.463 e. The van der Waals surface area contributed by atoms with Crippen LogP contribution in [0.5, 0.6) is 0 Å². The number of anilines is 1. The van der Waals surface area contributed by atoms with E-state index in [0.29, 0.717) is 11.3 Å². The average Bonchev–Trinajstić information content (AvgIpc) is 2.86. The quantitative estimate of drug-likeness (QED) is 0.517. The number of ether oxygens (including phenoxy) is 2. The summed E-state index contributed by atoms with van der Waals surface area (Å²) >= 11 is 0. The molecule has 31 heavy (non-hydrogen) atoms. The second-order valence-corrected chi connectivity index (χ2v) is 7.29. The summed E-state index contributed by atoms with van der Waals surface area (Å²) in [4.78, 5) is 40.1. The smallest absolute Gasteiger partial charge is 0.347 e. The minimum atomic E-state index is -2.44. The lowest BCUT2D eigenvalue weighted by Crippen LogP contribution is -2.54. The average molecular weight is 426 g/mol. The first-order valence-corrected chi connectivity index (χ1v) is 10.0. The molecule has 8 nitrogen and oxygen atoms in total. The minimum absolute atomic E-state index is 0.00750. The van der Waals surface area contributed by atoms with E-state index >= 15 is 0 Å². The van der Waals surface area contributed by atoms with Gasteiger partial charge in [-0.2, -0.15) is 0 Å². The van der Waals surface area contributed by atoms with Crippen LogP contribution in [-0.4, -0.2) is 55.4 Å². The van der Waals surface area contributed by atoms with E-state index in [1.54, 1.807) is 31.1 Å². The van der Waals surface area contributed by atoms with Gasteiger partial charge in [0.15, 0.2) is 0 Å². The molecule has 2 N–H and O–H groups in total. The second-order valence-electron chi connectivity index (χ2n) is 7.29. The number of aliphatic hydroxyl groups is 1. The van der Waals surface area contributed by atoms with Crippen molar-refractivity contribution in [2.24, 2.45) is 0 Å². The van der Waals surface area contributed by atoms with E-state index in [2.05, 4.69) is 5.32 Å². The Balaban J connectivity index is 2.07. The zero-order valence-electron chi connectivity index (χ0n) is 17.8. The number of methoxy groups -OCH3 is 1. The lowest BCUT2D eigenvalue weighted by molar-refractivity contribution is -0.169. The monoisotopic (exact) mass is 426 g/mol. The number of benzene rings is 2. The molecule has 2 aromatic rings. The number of carbonyl (C=O) groups is 3. The lowest BCUT2D eigenvalue weighted by Gasteiger charge is -2.28. The third-order valence-electron chi connectivity index (χ3n) is 5.18. The number of amides is 2. The third kappa shape index (κ3) is 4.30. The summed E-state index contributed by atoms with van der Waals surface area (Å²) in [6, 6.07) is 13.5. The summed E-state index contributed by atoms with van der Waals surface area (Å²) in [5, 5.41) is 13.0. The highest BCUT2D eigenvalue weighted by Crippen LogP contribution is 2.40. The van der Waals surface area contributed by atoms with E-state index in [4.69, 9.17) is 9.47 Å². The number of hydrogen-bond donors (Lipinski definition) is 2. The largest absolute Gasteiger partial charge is 0.463 e. The van der Waals surface area contributed by atoms with E-state index in [1.165, 1.54) is 0 Å². The summed E-state index contributed by atoms with van der Waals surface area (Å²) in [5.41, 5.74) is 0.407. The van der Waals surface area contributed by atoms with Crippen LogP contribution in [0.1, 0.15) is 25.5 Å². The molecule has 0 fully saturated rings. The fourth-order valence-electron chi connectivity index (χ4n) is 3.53. The van der Waals surface area contributed by atoms with Gasteiger partial charge in [-0.25, -0.2) is 4.79 Å². The molecule has 3 rings (SSSR count). The van der Waals surface area contributed by atoms with E-state index in [1.807, 2.05) is 36.4 Å². The highest BCUT2D eigenvalue weighted by Gasteiger charge is 2.44. The van der Waals surface area contributed by atoms with E-state index < -0.39 is 29.4 Å². The van der Waals surface area contributed by atoms with Crippen LogP contribution >= 0.6 is 0 Å². The lowest BCUT2D eigenvalue weighted by atomic mass is 9.94. The summed E-state index contributed by atoms with van der Waals surface area (Å²) in [7, 11) is 1.54. The first kappa shape index (κ1) is 22.5. The van der Waals surface area contributed by atoms with Crippen LogP contribution < -0.4 is 10.2 Å². The zero-order valence-corrected chi connectivity index (χ0v) is 17.8. The first-order chi connectivity index (χ1) is 14.8. The van der Waals surface area contributed by atoms with Crippen molar-refractivity contribution in [2.45, 2.75) is 25.5 Å². The molecule has 2 atom stereocenters. The number of nitrogens with one attached hydrogen (secondary N) is 1. The Morgan fingerprint density at radius 2 is 1.77 bits per heavy atom. The SMILES string of the molecule is CCOC(=O)C(C)(O)C(=O)N[C@@H]1C(=O)N(CCOC)c2ccccc2-c2ccccc21. The molecule has 1 aliphatic rings. The van der Waals surface area contributed by atoms with Crippen molar-refractivity contribution in [3.05, 3.63) is 54.1 Å². The van der Waals surface area contributed by atoms with E-state index in [-0.39, 0.29) is 19.8 Å². The molecular formula is C23H26N2O6. The number of carbonyl (C=O) groups excluding carboxylic acids is 3. The molecule has 0 bridgehead atoms. The maximum Gasteiger partial charge on any atom is 0.347 e. The van der Waals surface area contributed by atoms with Crippen molar-refractivity contribution in [3.63, 3.8) is 0 Å². The fourth-order valence-corrected chi connectivity index (χ4v) is 3.53. The molecule has 164 valence electrons. The van der Waals surface area contributed by atoms with Crippen LogP contribution in [0.3, 0.4) is 0 Å². The Morgan fingerprint density at radius 3 is 2.45 bits per heavy atom. The Bertz CT molecular complexity index is 988. The van der Waals surface area contributed by atoms with Crippen molar-refractivity contribution in [2.75, 3.05) is 31.8 Å². The third-order valence-corrected chi connectivity index (χ3v) is 5.18. The van der Waals surface area contributed by atoms with E-state index in [9.17, 15) is 19.5 Å². The van der Waals surface area contributed by atoms with Gasteiger partial charge >= 0.3 is 5.97 Å². The van der Waals surface area contributed by atoms with Crippen LogP contribution in [0.2, 0.25) is 0 Å². The van der Waals surface area contributed by atoms with Gasteiger partial charge in [-0.1, -0.05) is 42.5 Å². The number of rotatable bonds is 7. The van der Waals surface area contributed by atoms with Gasteiger partial charge in [0.05, 0.1) is 18.9 Å². The highest BCUT2D eigenvalue weighted by atomic mass is 16.5. The van der Waals surface area contributed by atoms with Gasteiger partial charge in [0.2, 0.25) is 5.60 Å². The molecule has 2 aromatic carbocycles. The Morgan fingerprint density at radius 1 is 1.13 bits per heavy atom. The maximum absolute atomic E-state index is 13.6. The van der Waals surface area contributed by atoms with Crippen molar-refractivity contribution in [3.8, 4) is 11.1 Å². The summed E-state index contributed by atoms with van der Waals surface area (Å²) < 4.78 is 9.97. The predicted octanol–water partition coefficient (Wildman–Crippen LogP) is 1.82. The normalized spacial score (nSPS) is 17.1. The van der Waals surface area contributed by atoms with Gasteiger partial charge in [-0.05, 0) is 31.0 Å². The zero-order chi connectivity index (χ0) is 22.6. The van der Waals surface area contributed by atoms with Crippen molar-refractivity contribution >= 4 is 23.5 Å². The molecular weight excluding hydrogens is 400 g/mol. The van der Waals surface area contributed by atoms with Crippen LogP contribution in [0.15, 0.2) is 48.5 Å². The summed E-state index contributed by atoms with van der Waals surface area (Å²) in [6.07, 6.45) is 0. The molecule has 0 aliphatic carbocycles. The van der Waals surface area contributed by atoms with Crippen LogP contribution in [0.4, 0.5) is 5.69 Å². The molecule has 2 amide bonds. The van der Waals surface area contributed by atoms with Crippen LogP contribution in [0.25, 0.3) is 11.1 Å². The van der Waals surface area contributed by atoms with Crippen molar-refractivity contribution in [1.82, 2.24) is 5.32 Å². The molecule has 1 aliphatic heterocycles. The second kappa shape index (κ2) is 9.28. The molecule has 0 aromatic heterocycles. The highest BCUT2D eigenvalue weighted by molar-refractivity contribution is 6.10. The summed E-state index contributed by atoms with van der Waals surface area (Å²) in [5.74, 6) is -2.50. The van der Waals surface area contributed by atoms with Gasteiger partial charge in [-0.3, -0.25) is 9.59 Å². The Hall–Kier alpha value is -3.23. The number of esters is 1. The Kier molecular flexibility index (Phi) is 6.72. The maximum atomic E-state index is 13.6. The first-order valence-electron chi connectivity index (χ1n) is 10.0. The van der Waals surface area contributed by atoms with Crippen molar-refractivity contribution < 1.29 is 29.0 Å². The van der Waals surface area contributed by atoms with Gasteiger partial charge in [0, 0.05) is 19.2 Å². The molecule has 0 saturated heterocycles. The van der Waals surface area contributed by atoms with Crippen LogP contribution in [-0.2, 0) is 23.9 Å². The number of fused-ring (bicyclic) bond motifs is 3. The predicted molar refractivity (Wildman–Crippen MR) is 114 cm³/mol. The molecule has 0 spiro atoms. The summed E-state index contributed by atoms with van der Waals surface area (Å²) in [6.45, 7) is 3.18. The fraction of sp³-hybridized carbons (Fsp3) is 0.348. The molecule has 0 radical (unpaired) electrons. The van der Waals surface area contributed by atoms with Gasteiger partial charge in [0.1, 0.15) is 6.04 Å². The van der Waals surface area contributed by atoms with E-state index in [0.717, 1.165) is 18.1 Å². The standard InChI is InChI=1S/C23H26N2O6/c1-4-31-22(28)23(2,29)21(27)24-19-17-11-6-5-9-15(17)16-10-7-8-12-18(16)25(20(19)26)13-14-30-3/h5-12,19,29H,4,13-14H2,1-3H3,(H,24,27)/t19-,23?/m0/s1. The number of nitrogens with zero attached hydrogens (tertiary/aromatic N) is 1. The topological polar surface area (TPSA) is 105 Å². The van der Waals surface area contributed by atoms with Crippen molar-refractivity contribution in [1.29, 1.82) is 0 Å². The number of para-hydroxylation sites is 1. The molecule has 1 unspecified atom stereocenters. The molecule has 1 heterocycles. The molecule has 0 saturated carbocycles. The molecule has 8 heteroatoms.